The molecule has 9 heavy (non-hydrogen) atoms. The third-order valence-electron chi connectivity index (χ3n) is 1.05. The fourth-order valence-electron chi connectivity index (χ4n) is 0.687. The summed E-state index contributed by atoms with van der Waals surface area (Å²) in [6.07, 6.45) is 1.82. The van der Waals surface area contributed by atoms with E-state index in [1.54, 1.807) is 0 Å². The Morgan fingerprint density at radius 2 is 2.00 bits per heavy atom. The van der Waals surface area contributed by atoms with Crippen LogP contribution in [0.5, 0.6) is 0 Å². The molecule has 1 aromatic heterocycles. The van der Waals surface area contributed by atoms with Gasteiger partial charge in [0, 0.05) is 32.3 Å². The van der Waals surface area contributed by atoms with Gasteiger partial charge >= 0.3 is 0 Å². The van der Waals surface area contributed by atoms with Crippen molar-refractivity contribution in [2.75, 3.05) is 0 Å². The van der Waals surface area contributed by atoms with Crippen LogP contribution in [0, 0.1) is 13.8 Å². The molecule has 2 heteroatoms. The van der Waals surface area contributed by atoms with E-state index in [1.165, 1.54) is 5.56 Å². The van der Waals surface area contributed by atoms with Gasteiger partial charge in [0.1, 0.15) is 0 Å². The maximum atomic E-state index is 4.04. The fraction of sp³-hybridized carbons (Fsp3) is 0.286. The summed E-state index contributed by atoms with van der Waals surface area (Å²) in [4.78, 5) is 4.04. The van der Waals surface area contributed by atoms with Gasteiger partial charge in [-0.15, -0.1) is 0 Å². The zero-order chi connectivity index (χ0) is 5.98. The predicted molar refractivity (Wildman–Crippen MR) is 33.7 cm³/mol. The van der Waals surface area contributed by atoms with E-state index in [-0.39, 0.29) is 20.4 Å². The molecule has 0 saturated carbocycles. The van der Waals surface area contributed by atoms with E-state index in [0.717, 1.165) is 5.69 Å². The molecule has 0 bridgehead atoms. The summed E-state index contributed by atoms with van der Waals surface area (Å²) in [5, 5.41) is 0. The Hall–Kier alpha value is -0.188. The molecule has 1 nitrogen and oxygen atoms in total. The van der Waals surface area contributed by atoms with Crippen LogP contribution in [0.1, 0.15) is 11.3 Å². The van der Waals surface area contributed by atoms with Gasteiger partial charge in [0.15, 0.2) is 0 Å². The zero-order valence-electron chi connectivity index (χ0n) is 5.50. The van der Waals surface area contributed by atoms with Crippen LogP contribution in [0.2, 0.25) is 0 Å². The number of nitrogens with zero attached hydrogens (tertiary/aromatic N) is 1. The van der Waals surface area contributed by atoms with Gasteiger partial charge in [0.2, 0.25) is 0 Å². The van der Waals surface area contributed by atoms with Crippen LogP contribution in [0.4, 0.5) is 0 Å². The Morgan fingerprint density at radius 3 is 2.33 bits per heavy atom. The first-order chi connectivity index (χ1) is 3.79. The van der Waals surface area contributed by atoms with Crippen LogP contribution >= 0.6 is 0 Å². The average Bonchev–Trinajstić information content (AvgIpc) is 1.64. The molecule has 0 aliphatic rings. The summed E-state index contributed by atoms with van der Waals surface area (Å²) in [5.41, 5.74) is 2.36. The maximum Gasteiger partial charge on any atom is 0.0375 e. The van der Waals surface area contributed by atoms with Crippen molar-refractivity contribution in [1.82, 2.24) is 4.98 Å². The monoisotopic (exact) mass is 213 g/mol. The minimum Gasteiger partial charge on any atom is -0.262 e. The van der Waals surface area contributed by atoms with Gasteiger partial charge in [-0.25, -0.2) is 0 Å². The van der Waals surface area contributed by atoms with E-state index in [9.17, 15) is 0 Å². The third-order valence-corrected chi connectivity index (χ3v) is 1.05. The molecular weight excluding hydrogens is 205 g/mol. The molecule has 0 amide bonds. The maximum absolute atomic E-state index is 4.04. The van der Waals surface area contributed by atoms with E-state index >= 15 is 0 Å². The van der Waals surface area contributed by atoms with Crippen LogP contribution < -0.4 is 0 Å². The van der Waals surface area contributed by atoms with Gasteiger partial charge in [-0.1, -0.05) is 0 Å². The molecule has 0 unspecified atom stereocenters. The van der Waals surface area contributed by atoms with Gasteiger partial charge in [-0.3, -0.25) is 4.98 Å². The van der Waals surface area contributed by atoms with Crippen molar-refractivity contribution < 1.29 is 20.4 Å². The van der Waals surface area contributed by atoms with Gasteiger partial charge < -0.3 is 0 Å². The van der Waals surface area contributed by atoms with Crippen LogP contribution in [0.3, 0.4) is 0 Å². The Bertz CT molecular complexity index is 169. The predicted octanol–water partition coefficient (Wildman–Crippen LogP) is 1.70. The molecule has 1 aromatic rings. The van der Waals surface area contributed by atoms with Crippen molar-refractivity contribution in [1.29, 1.82) is 0 Å². The summed E-state index contributed by atoms with van der Waals surface area (Å²) in [6, 6.07) is 4.05. The first-order valence-corrected chi connectivity index (χ1v) is 2.68. The van der Waals surface area contributed by atoms with Crippen LogP contribution in [-0.4, -0.2) is 4.98 Å². The summed E-state index contributed by atoms with van der Waals surface area (Å²) in [7, 11) is 0. The molecule has 1 heterocycles. The quantitative estimate of drug-likeness (QED) is 0.598. The molecule has 0 aliphatic carbocycles. The molecule has 0 atom stereocenters. The van der Waals surface area contributed by atoms with E-state index in [2.05, 4.69) is 18.0 Å². The number of aryl methyl sites for hydroxylation is 2. The molecule has 1 rings (SSSR count). The molecule has 0 aromatic carbocycles. The van der Waals surface area contributed by atoms with Crippen LogP contribution in [0.25, 0.3) is 0 Å². The molecule has 0 fully saturated rings. The summed E-state index contributed by atoms with van der Waals surface area (Å²) < 4.78 is 0. The molecule has 0 saturated heterocycles. The first kappa shape index (κ1) is 8.81. The number of rotatable bonds is 0. The summed E-state index contributed by atoms with van der Waals surface area (Å²) in [5.74, 6) is 0. The van der Waals surface area contributed by atoms with Crippen molar-refractivity contribution in [2.24, 2.45) is 0 Å². The Balaban J connectivity index is 0.000000640. The zero-order valence-corrected chi connectivity index (χ0v) is 7.05. The van der Waals surface area contributed by atoms with E-state index in [1.807, 2.05) is 19.2 Å². The van der Waals surface area contributed by atoms with E-state index in [0.29, 0.717) is 0 Å². The number of aromatic nitrogens is 1. The number of pyridine rings is 1. The molecule has 0 N–H and O–H groups in total. The second-order valence-corrected chi connectivity index (χ2v) is 1.97. The molecule has 0 aliphatic heterocycles. The standard InChI is InChI=1S/C7H9N.Pd/c1-6-3-4-8-7(2)5-6;/h3-5H,1-2H3;. The molecule has 0 spiro atoms. The Morgan fingerprint density at radius 1 is 1.33 bits per heavy atom. The van der Waals surface area contributed by atoms with Crippen LogP contribution in [0.15, 0.2) is 18.3 Å². The topological polar surface area (TPSA) is 12.9 Å². The van der Waals surface area contributed by atoms with Gasteiger partial charge in [0.25, 0.3) is 0 Å². The molecule has 0 radical (unpaired) electrons. The SMILES string of the molecule is Cc1ccnc(C)c1.[Pd]. The normalized spacial score (nSPS) is 8.22. The van der Waals surface area contributed by atoms with Crippen molar-refractivity contribution in [3.05, 3.63) is 29.6 Å². The smallest absolute Gasteiger partial charge is 0.0375 e. The fourth-order valence-corrected chi connectivity index (χ4v) is 0.687. The van der Waals surface area contributed by atoms with Crippen LogP contribution in [-0.2, 0) is 20.4 Å². The van der Waals surface area contributed by atoms with Crippen molar-refractivity contribution in [3.63, 3.8) is 0 Å². The minimum absolute atomic E-state index is 0. The minimum atomic E-state index is 0. The first-order valence-electron chi connectivity index (χ1n) is 2.68. The molecule has 52 valence electrons. The molecular formula is C7H9NPd. The van der Waals surface area contributed by atoms with Gasteiger partial charge in [-0.2, -0.15) is 0 Å². The number of hydrogen-bond acceptors (Lipinski definition) is 1. The second-order valence-electron chi connectivity index (χ2n) is 1.97. The second kappa shape index (κ2) is 3.77. The summed E-state index contributed by atoms with van der Waals surface area (Å²) in [6.45, 7) is 4.06. The van der Waals surface area contributed by atoms with E-state index in [4.69, 9.17) is 0 Å². The van der Waals surface area contributed by atoms with Crippen molar-refractivity contribution >= 4 is 0 Å². The number of hydrogen-bond donors (Lipinski definition) is 0. The van der Waals surface area contributed by atoms with Crippen molar-refractivity contribution in [2.45, 2.75) is 13.8 Å². The van der Waals surface area contributed by atoms with E-state index < -0.39 is 0 Å². The largest absolute Gasteiger partial charge is 0.262 e. The average molecular weight is 214 g/mol. The van der Waals surface area contributed by atoms with Gasteiger partial charge in [-0.05, 0) is 31.5 Å². The van der Waals surface area contributed by atoms with Crippen molar-refractivity contribution in [3.8, 4) is 0 Å². The Kier molecular flexibility index (Phi) is 3.69. The summed E-state index contributed by atoms with van der Waals surface area (Å²) >= 11 is 0. The Labute approximate surface area is 69.2 Å². The van der Waals surface area contributed by atoms with Gasteiger partial charge in [0.05, 0.1) is 0 Å². The third kappa shape index (κ3) is 2.74.